The zero-order chi connectivity index (χ0) is 13.1. The number of anilines is 1. The van der Waals surface area contributed by atoms with E-state index >= 15 is 0 Å². The van der Waals surface area contributed by atoms with Gasteiger partial charge in [-0.15, -0.1) is 0 Å². The maximum atomic E-state index is 12.2. The molecule has 5 heteroatoms. The van der Waals surface area contributed by atoms with Crippen LogP contribution in [0.2, 0.25) is 0 Å². The van der Waals surface area contributed by atoms with Crippen LogP contribution in [0, 0.1) is 3.57 Å². The van der Waals surface area contributed by atoms with Gasteiger partial charge in [-0.3, -0.25) is 4.79 Å². The lowest BCUT2D eigenvalue weighted by Crippen LogP contribution is -2.26. The highest BCUT2D eigenvalue weighted by molar-refractivity contribution is 14.1. The fraction of sp³-hybridized carbons (Fsp3) is 0.154. The van der Waals surface area contributed by atoms with Crippen molar-refractivity contribution in [1.29, 1.82) is 0 Å². The Kier molecular flexibility index (Phi) is 3.90. The number of benzene rings is 1. The molecule has 2 aromatic rings. The van der Waals surface area contributed by atoms with Gasteiger partial charge in [0, 0.05) is 34.0 Å². The number of hydrogen-bond donors (Lipinski definition) is 1. The second-order valence-corrected chi connectivity index (χ2v) is 5.19. The molecular weight excluding hydrogens is 343 g/mol. The molecule has 0 radical (unpaired) electrons. The molecule has 1 aromatic heterocycles. The summed E-state index contributed by atoms with van der Waals surface area (Å²) in [6.07, 6.45) is 3.23. The highest BCUT2D eigenvalue weighted by atomic mass is 127. The Hall–Kier alpha value is -1.50. The van der Waals surface area contributed by atoms with Crippen molar-refractivity contribution in [3.05, 3.63) is 51.5 Å². The summed E-state index contributed by atoms with van der Waals surface area (Å²) in [6, 6.07) is 7.13. The Labute approximate surface area is 119 Å². The topological polar surface area (TPSA) is 59.5 Å². The largest absolute Gasteiger partial charge is 0.472 e. The van der Waals surface area contributed by atoms with Crippen LogP contribution in [0.15, 0.2) is 41.2 Å². The minimum Gasteiger partial charge on any atom is -0.472 e. The number of amides is 1. The number of nitrogen functional groups attached to an aromatic ring is 1. The zero-order valence-electron chi connectivity index (χ0n) is 9.89. The summed E-state index contributed by atoms with van der Waals surface area (Å²) in [4.78, 5) is 13.8. The maximum Gasteiger partial charge on any atom is 0.253 e. The van der Waals surface area contributed by atoms with Crippen LogP contribution in [0.1, 0.15) is 15.9 Å². The van der Waals surface area contributed by atoms with E-state index < -0.39 is 0 Å². The van der Waals surface area contributed by atoms with Crippen LogP contribution in [0.25, 0.3) is 0 Å². The summed E-state index contributed by atoms with van der Waals surface area (Å²) in [6.45, 7) is 0.524. The first-order chi connectivity index (χ1) is 8.58. The third-order valence-corrected chi connectivity index (χ3v) is 3.53. The van der Waals surface area contributed by atoms with Gasteiger partial charge in [-0.05, 0) is 46.9 Å². The molecule has 4 nitrogen and oxygen atoms in total. The van der Waals surface area contributed by atoms with Crippen molar-refractivity contribution < 1.29 is 9.21 Å². The van der Waals surface area contributed by atoms with Gasteiger partial charge in [0.2, 0.25) is 0 Å². The highest BCUT2D eigenvalue weighted by Gasteiger charge is 2.13. The third kappa shape index (κ3) is 2.84. The van der Waals surface area contributed by atoms with E-state index in [2.05, 4.69) is 22.6 Å². The monoisotopic (exact) mass is 356 g/mol. The Balaban J connectivity index is 2.12. The molecular formula is C13H13IN2O2. The van der Waals surface area contributed by atoms with Crippen molar-refractivity contribution in [2.45, 2.75) is 6.54 Å². The fourth-order valence-electron chi connectivity index (χ4n) is 1.61. The molecule has 0 spiro atoms. The molecule has 1 amide bonds. The van der Waals surface area contributed by atoms with Crippen molar-refractivity contribution in [2.75, 3.05) is 12.8 Å². The first-order valence-electron chi connectivity index (χ1n) is 5.39. The number of nitrogens with zero attached hydrogens (tertiary/aromatic N) is 1. The summed E-state index contributed by atoms with van der Waals surface area (Å²) >= 11 is 2.12. The van der Waals surface area contributed by atoms with Crippen LogP contribution in [0.3, 0.4) is 0 Å². The van der Waals surface area contributed by atoms with Crippen LogP contribution in [0.5, 0.6) is 0 Å². The molecule has 0 aliphatic rings. The number of nitrogens with two attached hydrogens (primary N) is 1. The van der Waals surface area contributed by atoms with Crippen molar-refractivity contribution in [1.82, 2.24) is 4.90 Å². The van der Waals surface area contributed by atoms with E-state index in [9.17, 15) is 4.79 Å². The van der Waals surface area contributed by atoms with Gasteiger partial charge in [0.1, 0.15) is 0 Å². The lowest BCUT2D eigenvalue weighted by atomic mass is 10.2. The number of carbonyl (C=O) groups is 1. The summed E-state index contributed by atoms with van der Waals surface area (Å²) in [7, 11) is 1.76. The molecule has 0 atom stereocenters. The van der Waals surface area contributed by atoms with E-state index in [-0.39, 0.29) is 5.91 Å². The average Bonchev–Trinajstić information content (AvgIpc) is 2.84. The minimum absolute atomic E-state index is 0.0332. The molecule has 94 valence electrons. The Morgan fingerprint density at radius 1 is 1.44 bits per heavy atom. The predicted molar refractivity (Wildman–Crippen MR) is 78.1 cm³/mol. The van der Waals surface area contributed by atoms with Crippen molar-refractivity contribution >= 4 is 34.2 Å². The van der Waals surface area contributed by atoms with Crippen LogP contribution in [0.4, 0.5) is 5.69 Å². The molecule has 0 unspecified atom stereocenters. The van der Waals surface area contributed by atoms with Gasteiger partial charge in [0.15, 0.2) is 0 Å². The van der Waals surface area contributed by atoms with Gasteiger partial charge >= 0.3 is 0 Å². The Morgan fingerprint density at radius 3 is 2.83 bits per heavy atom. The van der Waals surface area contributed by atoms with Gasteiger partial charge in [0.05, 0.1) is 12.5 Å². The number of furan rings is 1. The van der Waals surface area contributed by atoms with Crippen molar-refractivity contribution in [2.24, 2.45) is 0 Å². The summed E-state index contributed by atoms with van der Waals surface area (Å²) in [5.41, 5.74) is 8.02. The van der Waals surface area contributed by atoms with Crippen LogP contribution >= 0.6 is 22.6 Å². The lowest BCUT2D eigenvalue weighted by molar-refractivity contribution is 0.0785. The molecule has 0 saturated carbocycles. The van der Waals surface area contributed by atoms with Crippen LogP contribution in [-0.4, -0.2) is 17.9 Å². The molecule has 2 N–H and O–H groups in total. The first kappa shape index (κ1) is 12.9. The second kappa shape index (κ2) is 5.43. The predicted octanol–water partition coefficient (Wildman–Crippen LogP) is 2.74. The molecule has 0 saturated heterocycles. The standard InChI is InChI=1S/C13H13IN2O2/c1-16(7-9-4-5-18-8-9)13(17)10-2-3-12(15)11(14)6-10/h2-6,8H,7,15H2,1H3. The second-order valence-electron chi connectivity index (χ2n) is 4.03. The first-order valence-corrected chi connectivity index (χ1v) is 6.47. The normalized spacial score (nSPS) is 10.3. The van der Waals surface area contributed by atoms with E-state index in [0.29, 0.717) is 17.8 Å². The number of rotatable bonds is 3. The SMILES string of the molecule is CN(Cc1ccoc1)C(=O)c1ccc(N)c(I)c1. The third-order valence-electron chi connectivity index (χ3n) is 2.59. The van der Waals surface area contributed by atoms with Gasteiger partial charge in [0.25, 0.3) is 5.91 Å². The van der Waals surface area contributed by atoms with Crippen LogP contribution in [-0.2, 0) is 6.54 Å². The number of hydrogen-bond acceptors (Lipinski definition) is 3. The zero-order valence-corrected chi connectivity index (χ0v) is 12.0. The maximum absolute atomic E-state index is 12.2. The molecule has 0 bridgehead atoms. The Bertz CT molecular complexity index is 552. The molecule has 2 rings (SSSR count). The van der Waals surface area contributed by atoms with Gasteiger partial charge < -0.3 is 15.1 Å². The molecule has 0 aliphatic carbocycles. The fourth-order valence-corrected chi connectivity index (χ4v) is 2.12. The van der Waals surface area contributed by atoms with E-state index in [1.54, 1.807) is 42.7 Å². The van der Waals surface area contributed by atoms with Gasteiger partial charge in [-0.25, -0.2) is 0 Å². The quantitative estimate of drug-likeness (QED) is 0.680. The Morgan fingerprint density at radius 2 is 2.22 bits per heavy atom. The molecule has 1 heterocycles. The van der Waals surface area contributed by atoms with Crippen molar-refractivity contribution in [3.63, 3.8) is 0 Å². The molecule has 0 aliphatic heterocycles. The molecule has 1 aromatic carbocycles. The van der Waals surface area contributed by atoms with E-state index in [1.807, 2.05) is 6.07 Å². The summed E-state index contributed by atoms with van der Waals surface area (Å²) < 4.78 is 5.86. The van der Waals surface area contributed by atoms with Crippen LogP contribution < -0.4 is 5.73 Å². The minimum atomic E-state index is -0.0332. The number of halogens is 1. The van der Waals surface area contributed by atoms with Gasteiger partial charge in [-0.1, -0.05) is 0 Å². The van der Waals surface area contributed by atoms with Gasteiger partial charge in [-0.2, -0.15) is 0 Å². The molecule has 18 heavy (non-hydrogen) atoms. The van der Waals surface area contributed by atoms with Crippen molar-refractivity contribution in [3.8, 4) is 0 Å². The number of carbonyl (C=O) groups excluding carboxylic acids is 1. The lowest BCUT2D eigenvalue weighted by Gasteiger charge is -2.16. The summed E-state index contributed by atoms with van der Waals surface area (Å²) in [5.74, 6) is -0.0332. The smallest absolute Gasteiger partial charge is 0.253 e. The average molecular weight is 356 g/mol. The van der Waals surface area contributed by atoms with E-state index in [0.717, 1.165) is 9.13 Å². The summed E-state index contributed by atoms with van der Waals surface area (Å²) in [5, 5.41) is 0. The van der Waals surface area contributed by atoms with E-state index in [1.165, 1.54) is 0 Å². The van der Waals surface area contributed by atoms with E-state index in [4.69, 9.17) is 10.2 Å². The molecule has 0 fully saturated rings. The highest BCUT2D eigenvalue weighted by Crippen LogP contribution is 2.17.